The minimum absolute atomic E-state index is 0.0333. The number of nitrogens with one attached hydrogen (secondary N) is 1. The van der Waals surface area contributed by atoms with E-state index in [0.29, 0.717) is 22.7 Å². The number of benzene rings is 2. The predicted octanol–water partition coefficient (Wildman–Crippen LogP) is 4.85. The molecule has 0 saturated carbocycles. The predicted molar refractivity (Wildman–Crippen MR) is 111 cm³/mol. The molecule has 1 amide bonds. The number of fused-ring (bicyclic) bond motifs is 1. The van der Waals surface area contributed by atoms with Crippen LogP contribution in [0.15, 0.2) is 54.7 Å². The first-order valence-electron chi connectivity index (χ1n) is 9.64. The number of likely N-dealkylation sites (tertiary alicyclic amines) is 1. The van der Waals surface area contributed by atoms with E-state index in [9.17, 15) is 9.18 Å². The van der Waals surface area contributed by atoms with Crippen LogP contribution in [0.2, 0.25) is 0 Å². The average Bonchev–Trinajstić information content (AvgIpc) is 3.41. The summed E-state index contributed by atoms with van der Waals surface area (Å²) in [5, 5.41) is 10.9. The van der Waals surface area contributed by atoms with E-state index in [1.807, 2.05) is 29.2 Å². The fraction of sp³-hybridized carbons (Fsp3) is 0.227. The van der Waals surface area contributed by atoms with Crippen LogP contribution in [0.4, 0.5) is 4.39 Å². The second kappa shape index (κ2) is 7.40. The summed E-state index contributed by atoms with van der Waals surface area (Å²) >= 11 is 1.41. The quantitative estimate of drug-likeness (QED) is 0.529. The summed E-state index contributed by atoms with van der Waals surface area (Å²) in [6, 6.07) is 14.4. The number of rotatable bonds is 3. The Morgan fingerprint density at radius 1 is 1.14 bits per heavy atom. The molecular weight excluding hydrogens is 387 g/mol. The smallest absolute Gasteiger partial charge is 0.256 e. The summed E-state index contributed by atoms with van der Waals surface area (Å²) in [6.07, 6.45) is 3.65. The molecule has 0 bridgehead atoms. The third-order valence-electron chi connectivity index (χ3n) is 5.42. The summed E-state index contributed by atoms with van der Waals surface area (Å²) in [5.74, 6) is -0.142. The Labute approximate surface area is 171 Å². The van der Waals surface area contributed by atoms with Crippen LogP contribution in [0.1, 0.15) is 34.1 Å². The van der Waals surface area contributed by atoms with Crippen molar-refractivity contribution in [1.82, 2.24) is 20.1 Å². The van der Waals surface area contributed by atoms with Gasteiger partial charge in [0.05, 0.1) is 5.56 Å². The molecule has 1 unspecified atom stereocenters. The number of carbonyl (C=O) groups is 1. The Morgan fingerprint density at radius 2 is 1.97 bits per heavy atom. The zero-order valence-corrected chi connectivity index (χ0v) is 16.5. The molecule has 1 aliphatic rings. The van der Waals surface area contributed by atoms with Crippen LogP contribution in [0.3, 0.4) is 0 Å². The lowest BCUT2D eigenvalue weighted by atomic mass is 9.98. The number of halogens is 1. The molecule has 2 aromatic carbocycles. The lowest BCUT2D eigenvalue weighted by Crippen LogP contribution is -2.39. The fourth-order valence-electron chi connectivity index (χ4n) is 3.93. The molecule has 1 aliphatic heterocycles. The highest BCUT2D eigenvalue weighted by atomic mass is 32.1. The van der Waals surface area contributed by atoms with Gasteiger partial charge in [-0.25, -0.2) is 4.39 Å². The van der Waals surface area contributed by atoms with Crippen molar-refractivity contribution in [1.29, 1.82) is 0 Å². The Kier molecular flexibility index (Phi) is 4.60. The van der Waals surface area contributed by atoms with Crippen molar-refractivity contribution in [2.75, 3.05) is 13.1 Å². The highest BCUT2D eigenvalue weighted by Gasteiger charge is 2.29. The normalized spacial score (nSPS) is 17.0. The van der Waals surface area contributed by atoms with Crippen molar-refractivity contribution >= 4 is 28.1 Å². The molecule has 5 nitrogen and oxygen atoms in total. The van der Waals surface area contributed by atoms with E-state index >= 15 is 0 Å². The van der Waals surface area contributed by atoms with Gasteiger partial charge < -0.3 is 9.88 Å². The van der Waals surface area contributed by atoms with Gasteiger partial charge in [-0.15, -0.1) is 10.2 Å². The Balaban J connectivity index is 1.37. The zero-order valence-electron chi connectivity index (χ0n) is 15.6. The number of aromatic nitrogens is 3. The number of nitrogens with zero attached hydrogens (tertiary/aromatic N) is 3. The number of H-pyrrole nitrogens is 1. The second-order valence-electron chi connectivity index (χ2n) is 7.26. The molecule has 3 heterocycles. The van der Waals surface area contributed by atoms with E-state index < -0.39 is 0 Å². The standard InChI is InChI=1S/C22H19FN4OS/c23-18-9-3-1-8-16(18)21-26-25-20(29-21)14-6-5-11-27(13-14)22(28)17-12-24-19-10-4-2-7-15(17)19/h1-4,7-10,12,14,24H,5-6,11,13H2. The van der Waals surface area contributed by atoms with E-state index in [1.54, 1.807) is 24.4 Å². The van der Waals surface area contributed by atoms with Gasteiger partial charge >= 0.3 is 0 Å². The molecule has 1 atom stereocenters. The second-order valence-corrected chi connectivity index (χ2v) is 8.27. The SMILES string of the molecule is O=C(c1c[nH]c2ccccc12)N1CCCC(c2nnc(-c3ccccc3F)s2)C1. The summed E-state index contributed by atoms with van der Waals surface area (Å²) in [6.45, 7) is 1.33. The minimum Gasteiger partial charge on any atom is -0.360 e. The van der Waals surface area contributed by atoms with Gasteiger partial charge in [0.25, 0.3) is 5.91 Å². The highest BCUT2D eigenvalue weighted by molar-refractivity contribution is 7.14. The van der Waals surface area contributed by atoms with Gasteiger partial charge in [-0.3, -0.25) is 4.79 Å². The van der Waals surface area contributed by atoms with Gasteiger partial charge in [0, 0.05) is 41.7 Å². The lowest BCUT2D eigenvalue weighted by Gasteiger charge is -2.31. The first kappa shape index (κ1) is 18.0. The van der Waals surface area contributed by atoms with E-state index in [1.165, 1.54) is 17.4 Å². The molecule has 1 fully saturated rings. The third-order valence-corrected chi connectivity index (χ3v) is 6.54. The maximum absolute atomic E-state index is 14.1. The van der Waals surface area contributed by atoms with Gasteiger partial charge in [-0.1, -0.05) is 41.7 Å². The van der Waals surface area contributed by atoms with E-state index in [0.717, 1.165) is 35.3 Å². The number of amides is 1. The molecular formula is C22H19FN4OS. The van der Waals surface area contributed by atoms with Crippen LogP contribution < -0.4 is 0 Å². The van der Waals surface area contributed by atoms with Crippen molar-refractivity contribution in [3.05, 3.63) is 71.1 Å². The monoisotopic (exact) mass is 406 g/mol. The zero-order chi connectivity index (χ0) is 19.8. The summed E-state index contributed by atoms with van der Waals surface area (Å²) in [5.41, 5.74) is 2.13. The molecule has 1 N–H and O–H groups in total. The van der Waals surface area contributed by atoms with Crippen molar-refractivity contribution in [3.8, 4) is 10.6 Å². The van der Waals surface area contributed by atoms with Crippen LogP contribution in [0, 0.1) is 5.82 Å². The minimum atomic E-state index is -0.296. The number of aromatic amines is 1. The van der Waals surface area contributed by atoms with Crippen LogP contribution in [-0.2, 0) is 0 Å². The molecule has 5 rings (SSSR count). The van der Waals surface area contributed by atoms with Crippen LogP contribution in [0.25, 0.3) is 21.5 Å². The number of para-hydroxylation sites is 1. The van der Waals surface area contributed by atoms with Gasteiger partial charge in [-0.2, -0.15) is 0 Å². The Morgan fingerprint density at radius 3 is 2.86 bits per heavy atom. The first-order chi connectivity index (χ1) is 14.2. The van der Waals surface area contributed by atoms with Crippen molar-refractivity contribution < 1.29 is 9.18 Å². The van der Waals surface area contributed by atoms with Crippen LogP contribution in [-0.4, -0.2) is 39.1 Å². The Bertz CT molecular complexity index is 1180. The summed E-state index contributed by atoms with van der Waals surface area (Å²) in [7, 11) is 0. The molecule has 0 spiro atoms. The first-order valence-corrected chi connectivity index (χ1v) is 10.5. The van der Waals surface area contributed by atoms with Crippen molar-refractivity contribution in [2.45, 2.75) is 18.8 Å². The van der Waals surface area contributed by atoms with Crippen molar-refractivity contribution in [2.24, 2.45) is 0 Å². The molecule has 2 aromatic heterocycles. The van der Waals surface area contributed by atoms with Crippen LogP contribution >= 0.6 is 11.3 Å². The van der Waals surface area contributed by atoms with E-state index in [-0.39, 0.29) is 17.6 Å². The molecule has 0 aliphatic carbocycles. The Hall–Kier alpha value is -3.06. The number of piperidine rings is 1. The third kappa shape index (κ3) is 3.31. The fourth-order valence-corrected chi connectivity index (χ4v) is 4.92. The van der Waals surface area contributed by atoms with Gasteiger partial charge in [0.15, 0.2) is 5.01 Å². The lowest BCUT2D eigenvalue weighted by molar-refractivity contribution is 0.0709. The number of hydrogen-bond donors (Lipinski definition) is 1. The molecule has 7 heteroatoms. The number of carbonyl (C=O) groups excluding carboxylic acids is 1. The van der Waals surface area contributed by atoms with E-state index in [4.69, 9.17) is 0 Å². The molecule has 0 radical (unpaired) electrons. The summed E-state index contributed by atoms with van der Waals surface area (Å²) < 4.78 is 14.1. The largest absolute Gasteiger partial charge is 0.360 e. The van der Waals surface area contributed by atoms with Crippen molar-refractivity contribution in [3.63, 3.8) is 0 Å². The molecule has 4 aromatic rings. The van der Waals surface area contributed by atoms with Gasteiger partial charge in [0.1, 0.15) is 10.8 Å². The van der Waals surface area contributed by atoms with Gasteiger partial charge in [0.2, 0.25) is 0 Å². The molecule has 29 heavy (non-hydrogen) atoms. The molecule has 1 saturated heterocycles. The maximum atomic E-state index is 14.1. The maximum Gasteiger partial charge on any atom is 0.256 e. The summed E-state index contributed by atoms with van der Waals surface area (Å²) in [4.78, 5) is 18.2. The van der Waals surface area contributed by atoms with Gasteiger partial charge in [-0.05, 0) is 31.0 Å². The number of hydrogen-bond acceptors (Lipinski definition) is 4. The van der Waals surface area contributed by atoms with Crippen LogP contribution in [0.5, 0.6) is 0 Å². The highest BCUT2D eigenvalue weighted by Crippen LogP contribution is 2.34. The topological polar surface area (TPSA) is 61.9 Å². The van der Waals surface area contributed by atoms with E-state index in [2.05, 4.69) is 15.2 Å². The average molecular weight is 406 g/mol. The molecule has 146 valence electrons.